The standard InChI is InChI=1S/C17H20O5S/c1-10-11(9-15(19)21-10)12(16(20)22-17(2,3)4)8-13(18)14-6-5-7-23-14/h5-7,9-10,12H,8H2,1-4H3. The molecule has 0 fully saturated rings. The normalized spacial score (nSPS) is 19.0. The lowest BCUT2D eigenvalue weighted by molar-refractivity contribution is -0.159. The maximum atomic E-state index is 12.5. The van der Waals surface area contributed by atoms with E-state index in [2.05, 4.69) is 0 Å². The summed E-state index contributed by atoms with van der Waals surface area (Å²) >= 11 is 1.32. The van der Waals surface area contributed by atoms with Crippen molar-refractivity contribution in [2.75, 3.05) is 0 Å². The summed E-state index contributed by atoms with van der Waals surface area (Å²) in [6.07, 6.45) is 0.722. The number of esters is 2. The number of hydrogen-bond acceptors (Lipinski definition) is 6. The Morgan fingerprint density at radius 2 is 2.09 bits per heavy atom. The van der Waals surface area contributed by atoms with Gasteiger partial charge in [0.15, 0.2) is 5.78 Å². The van der Waals surface area contributed by atoms with Crippen molar-refractivity contribution >= 4 is 29.1 Å². The van der Waals surface area contributed by atoms with Crippen molar-refractivity contribution in [1.29, 1.82) is 0 Å². The zero-order chi connectivity index (χ0) is 17.2. The fraction of sp³-hybridized carbons (Fsp3) is 0.471. The molecular weight excluding hydrogens is 316 g/mol. The van der Waals surface area contributed by atoms with Crippen molar-refractivity contribution in [3.05, 3.63) is 34.0 Å². The molecule has 124 valence electrons. The van der Waals surface area contributed by atoms with Gasteiger partial charge in [-0.1, -0.05) is 6.07 Å². The number of carbonyl (C=O) groups excluding carboxylic acids is 3. The molecule has 1 aromatic rings. The van der Waals surface area contributed by atoms with E-state index in [1.807, 2.05) is 0 Å². The van der Waals surface area contributed by atoms with Crippen molar-refractivity contribution in [2.45, 2.75) is 45.8 Å². The molecule has 0 aliphatic carbocycles. The Bertz CT molecular complexity index is 636. The Labute approximate surface area is 139 Å². The first-order chi connectivity index (χ1) is 10.7. The van der Waals surface area contributed by atoms with Gasteiger partial charge < -0.3 is 9.47 Å². The highest BCUT2D eigenvalue weighted by Crippen LogP contribution is 2.30. The highest BCUT2D eigenvalue weighted by atomic mass is 32.1. The SMILES string of the molecule is CC1OC(=O)C=C1C(CC(=O)c1cccs1)C(=O)OC(C)(C)C. The van der Waals surface area contributed by atoms with Crippen LogP contribution in [-0.2, 0) is 19.1 Å². The van der Waals surface area contributed by atoms with Crippen LogP contribution in [0.2, 0.25) is 0 Å². The van der Waals surface area contributed by atoms with Crippen LogP contribution in [0, 0.1) is 5.92 Å². The summed E-state index contributed by atoms with van der Waals surface area (Å²) in [6, 6.07) is 3.50. The summed E-state index contributed by atoms with van der Waals surface area (Å²) < 4.78 is 10.5. The molecule has 2 unspecified atom stereocenters. The van der Waals surface area contributed by atoms with Gasteiger partial charge in [-0.2, -0.15) is 0 Å². The highest BCUT2D eigenvalue weighted by molar-refractivity contribution is 7.12. The third kappa shape index (κ3) is 4.51. The number of carbonyl (C=O) groups is 3. The molecule has 1 aromatic heterocycles. The van der Waals surface area contributed by atoms with Crippen molar-refractivity contribution < 1.29 is 23.9 Å². The number of rotatable bonds is 5. The average molecular weight is 336 g/mol. The maximum absolute atomic E-state index is 12.5. The lowest BCUT2D eigenvalue weighted by Crippen LogP contribution is -2.32. The topological polar surface area (TPSA) is 69.7 Å². The Balaban J connectivity index is 2.24. The quantitative estimate of drug-likeness (QED) is 0.610. The Morgan fingerprint density at radius 3 is 2.57 bits per heavy atom. The summed E-state index contributed by atoms with van der Waals surface area (Å²) in [6.45, 7) is 6.97. The predicted octanol–water partition coefficient (Wildman–Crippen LogP) is 3.15. The largest absolute Gasteiger partial charge is 0.459 e. The van der Waals surface area contributed by atoms with Crippen molar-refractivity contribution in [2.24, 2.45) is 5.92 Å². The fourth-order valence-electron chi connectivity index (χ4n) is 2.35. The van der Waals surface area contributed by atoms with E-state index in [-0.39, 0.29) is 12.2 Å². The molecule has 1 aliphatic rings. The number of hydrogen-bond donors (Lipinski definition) is 0. The van der Waals surface area contributed by atoms with Crippen LogP contribution in [0.5, 0.6) is 0 Å². The molecule has 0 bridgehead atoms. The van der Waals surface area contributed by atoms with Gasteiger partial charge in [0.2, 0.25) is 0 Å². The van der Waals surface area contributed by atoms with Crippen molar-refractivity contribution in [1.82, 2.24) is 0 Å². The van der Waals surface area contributed by atoms with E-state index in [9.17, 15) is 14.4 Å². The van der Waals surface area contributed by atoms with E-state index in [0.29, 0.717) is 10.5 Å². The second-order valence-electron chi connectivity index (χ2n) is 6.41. The molecule has 1 aliphatic heterocycles. The summed E-state index contributed by atoms with van der Waals surface area (Å²) in [5.74, 6) is -1.97. The summed E-state index contributed by atoms with van der Waals surface area (Å²) in [5, 5.41) is 1.81. The third-order valence-corrected chi connectivity index (χ3v) is 4.24. The molecule has 23 heavy (non-hydrogen) atoms. The number of thiophene rings is 1. The molecule has 0 saturated carbocycles. The van der Waals surface area contributed by atoms with E-state index >= 15 is 0 Å². The molecule has 2 heterocycles. The van der Waals surface area contributed by atoms with Crippen molar-refractivity contribution in [3.63, 3.8) is 0 Å². The van der Waals surface area contributed by atoms with E-state index < -0.39 is 29.6 Å². The lowest BCUT2D eigenvalue weighted by Gasteiger charge is -2.25. The van der Waals surface area contributed by atoms with Crippen LogP contribution in [-0.4, -0.2) is 29.4 Å². The average Bonchev–Trinajstić information content (AvgIpc) is 3.03. The van der Waals surface area contributed by atoms with Gasteiger partial charge in [-0.15, -0.1) is 11.3 Å². The minimum absolute atomic E-state index is 0.0394. The van der Waals surface area contributed by atoms with Gasteiger partial charge in [0.05, 0.1) is 10.8 Å². The smallest absolute Gasteiger partial charge is 0.331 e. The summed E-state index contributed by atoms with van der Waals surface area (Å²) in [5.41, 5.74) is -0.177. The number of ketones is 1. The molecular formula is C17H20O5S. The van der Waals surface area contributed by atoms with Crippen LogP contribution in [0.4, 0.5) is 0 Å². The van der Waals surface area contributed by atoms with Gasteiger partial charge in [0, 0.05) is 12.5 Å². The lowest BCUT2D eigenvalue weighted by atomic mass is 9.90. The number of cyclic esters (lactones) is 1. The van der Waals surface area contributed by atoms with Gasteiger partial charge in [0.25, 0.3) is 0 Å². The van der Waals surface area contributed by atoms with Crippen LogP contribution in [0.15, 0.2) is 29.2 Å². The molecule has 6 heteroatoms. The van der Waals surface area contributed by atoms with Gasteiger partial charge in [0.1, 0.15) is 11.7 Å². The zero-order valence-electron chi connectivity index (χ0n) is 13.6. The Morgan fingerprint density at radius 1 is 1.39 bits per heavy atom. The maximum Gasteiger partial charge on any atom is 0.331 e. The van der Waals surface area contributed by atoms with Crippen LogP contribution in [0.25, 0.3) is 0 Å². The second-order valence-corrected chi connectivity index (χ2v) is 7.36. The van der Waals surface area contributed by atoms with Crippen molar-refractivity contribution in [3.8, 4) is 0 Å². The molecule has 0 aromatic carbocycles. The predicted molar refractivity (Wildman–Crippen MR) is 86.2 cm³/mol. The summed E-state index contributed by atoms with van der Waals surface area (Å²) in [7, 11) is 0. The first kappa shape index (κ1) is 17.4. The third-order valence-electron chi connectivity index (χ3n) is 3.33. The highest BCUT2D eigenvalue weighted by Gasteiger charge is 2.37. The fourth-order valence-corrected chi connectivity index (χ4v) is 3.02. The van der Waals surface area contributed by atoms with E-state index in [4.69, 9.17) is 9.47 Å². The molecule has 5 nitrogen and oxygen atoms in total. The van der Waals surface area contributed by atoms with Crippen LogP contribution in [0.3, 0.4) is 0 Å². The molecule has 0 N–H and O–H groups in total. The van der Waals surface area contributed by atoms with Crippen LogP contribution < -0.4 is 0 Å². The molecule has 2 atom stereocenters. The first-order valence-corrected chi connectivity index (χ1v) is 8.27. The molecule has 2 rings (SSSR count). The van der Waals surface area contributed by atoms with Gasteiger partial charge >= 0.3 is 11.9 Å². The van der Waals surface area contributed by atoms with Gasteiger partial charge in [-0.05, 0) is 44.7 Å². The van der Waals surface area contributed by atoms with Gasteiger partial charge in [-0.3, -0.25) is 9.59 Å². The van der Waals surface area contributed by atoms with Gasteiger partial charge in [-0.25, -0.2) is 4.79 Å². The Kier molecular flexibility index (Phi) is 5.04. The zero-order valence-corrected chi connectivity index (χ0v) is 14.4. The van der Waals surface area contributed by atoms with E-state index in [0.717, 1.165) is 0 Å². The van der Waals surface area contributed by atoms with E-state index in [1.54, 1.807) is 45.2 Å². The molecule has 0 saturated heterocycles. The summed E-state index contributed by atoms with van der Waals surface area (Å²) in [4.78, 5) is 36.9. The molecule has 0 radical (unpaired) electrons. The first-order valence-electron chi connectivity index (χ1n) is 7.39. The minimum Gasteiger partial charge on any atom is -0.459 e. The van der Waals surface area contributed by atoms with Crippen LogP contribution >= 0.6 is 11.3 Å². The van der Waals surface area contributed by atoms with E-state index in [1.165, 1.54) is 17.4 Å². The number of Topliss-reactive ketones (excluding diaryl/α,β-unsaturated/α-hetero) is 1. The monoisotopic (exact) mass is 336 g/mol. The number of ether oxygens (including phenoxy) is 2. The minimum atomic E-state index is -0.815. The second kappa shape index (κ2) is 6.66. The molecule has 0 amide bonds. The molecule has 0 spiro atoms. The van der Waals surface area contributed by atoms with Crippen LogP contribution in [0.1, 0.15) is 43.8 Å². The Hall–Kier alpha value is -1.95.